The normalized spacial score (nSPS) is 17.6. The average Bonchev–Trinajstić information content (AvgIpc) is 2.99. The number of likely N-dealkylation sites (tertiary alicyclic amines) is 1. The van der Waals surface area contributed by atoms with Crippen molar-refractivity contribution in [2.75, 3.05) is 53.1 Å². The largest absolute Gasteiger partial charge is 0.493 e. The molecule has 2 aliphatic rings. The van der Waals surface area contributed by atoms with Gasteiger partial charge in [0, 0.05) is 48.3 Å². The van der Waals surface area contributed by atoms with Crippen LogP contribution in [-0.4, -0.2) is 79.9 Å². The first-order valence-electron chi connectivity index (χ1n) is 14.5. The molecule has 5 rings (SSSR count). The van der Waals surface area contributed by atoms with Gasteiger partial charge in [-0.15, -0.1) is 0 Å². The standard InChI is InChI=1S/C32H38F3N3O4/c1-21(2)20-42-25-7-8-26-28(18-25)36-30(22-5-4-6-23(17-22)32(33,34)35)27(29(26)31(39)40-3)19-37-11-9-24(10-12-37)38-13-15-41-16-14-38/h4-8,17-18,21,24H,9-16,19-20H2,1-3H3. The molecule has 0 aliphatic carbocycles. The van der Waals surface area contributed by atoms with Crippen molar-refractivity contribution in [1.82, 2.24) is 14.8 Å². The Labute approximate surface area is 244 Å². The second-order valence-corrected chi connectivity index (χ2v) is 11.4. The van der Waals surface area contributed by atoms with Crippen LogP contribution in [0, 0.1) is 5.92 Å². The number of nitrogens with zero attached hydrogens (tertiary/aromatic N) is 3. The number of alkyl halides is 3. The molecule has 3 heterocycles. The van der Waals surface area contributed by atoms with Crippen molar-refractivity contribution in [3.63, 3.8) is 0 Å². The van der Waals surface area contributed by atoms with Crippen molar-refractivity contribution in [2.45, 2.75) is 45.5 Å². The number of hydrogen-bond acceptors (Lipinski definition) is 7. The molecule has 0 saturated carbocycles. The third kappa shape index (κ3) is 6.88. The molecule has 2 saturated heterocycles. The van der Waals surface area contributed by atoms with Crippen LogP contribution in [0.4, 0.5) is 13.2 Å². The molecule has 2 aliphatic heterocycles. The van der Waals surface area contributed by atoms with Gasteiger partial charge in [-0.25, -0.2) is 9.78 Å². The molecule has 10 heteroatoms. The number of ether oxygens (including phenoxy) is 3. The molecular formula is C32H38F3N3O4. The van der Waals surface area contributed by atoms with E-state index in [4.69, 9.17) is 19.2 Å². The average molecular weight is 586 g/mol. The van der Waals surface area contributed by atoms with Crippen LogP contribution in [-0.2, 0) is 22.2 Å². The zero-order valence-corrected chi connectivity index (χ0v) is 24.4. The minimum absolute atomic E-state index is 0.295. The summed E-state index contributed by atoms with van der Waals surface area (Å²) < 4.78 is 57.8. The Bertz CT molecular complexity index is 1400. The Morgan fingerprint density at radius 1 is 1.07 bits per heavy atom. The number of fused-ring (bicyclic) bond motifs is 1. The van der Waals surface area contributed by atoms with Crippen molar-refractivity contribution in [2.24, 2.45) is 5.92 Å². The van der Waals surface area contributed by atoms with Crippen LogP contribution in [0.3, 0.4) is 0 Å². The van der Waals surface area contributed by atoms with Gasteiger partial charge >= 0.3 is 12.1 Å². The topological polar surface area (TPSA) is 64.1 Å². The van der Waals surface area contributed by atoms with Gasteiger partial charge in [-0.05, 0) is 56.1 Å². The molecule has 1 aromatic heterocycles. The minimum Gasteiger partial charge on any atom is -0.493 e. The van der Waals surface area contributed by atoms with Crippen LogP contribution in [0.2, 0.25) is 0 Å². The number of rotatable bonds is 8. The van der Waals surface area contributed by atoms with E-state index in [2.05, 4.69) is 9.80 Å². The monoisotopic (exact) mass is 585 g/mol. The maximum atomic E-state index is 13.7. The van der Waals surface area contributed by atoms with Gasteiger partial charge < -0.3 is 14.2 Å². The molecule has 0 N–H and O–H groups in total. The maximum Gasteiger partial charge on any atom is 0.416 e. The van der Waals surface area contributed by atoms with Crippen LogP contribution in [0.5, 0.6) is 5.75 Å². The van der Waals surface area contributed by atoms with E-state index in [0.717, 1.165) is 64.4 Å². The lowest BCUT2D eigenvalue weighted by Gasteiger charge is -2.40. The zero-order chi connectivity index (χ0) is 29.9. The first-order valence-corrected chi connectivity index (χ1v) is 14.5. The van der Waals surface area contributed by atoms with E-state index in [1.165, 1.54) is 13.2 Å². The highest BCUT2D eigenvalue weighted by Crippen LogP contribution is 2.37. The fraction of sp³-hybridized carbons (Fsp3) is 0.500. The van der Waals surface area contributed by atoms with E-state index in [9.17, 15) is 18.0 Å². The number of carbonyl (C=O) groups is 1. The number of morpholine rings is 1. The molecule has 2 aromatic carbocycles. The Balaban J connectivity index is 1.57. The van der Waals surface area contributed by atoms with E-state index in [1.54, 1.807) is 24.3 Å². The summed E-state index contributed by atoms with van der Waals surface area (Å²) in [4.78, 5) is 23.0. The molecule has 226 valence electrons. The quantitative estimate of drug-likeness (QED) is 0.299. The molecule has 0 radical (unpaired) electrons. The van der Waals surface area contributed by atoms with E-state index in [0.29, 0.717) is 64.1 Å². The van der Waals surface area contributed by atoms with Crippen LogP contribution in [0.15, 0.2) is 42.5 Å². The molecular weight excluding hydrogens is 547 g/mol. The van der Waals surface area contributed by atoms with Crippen molar-refractivity contribution in [3.8, 4) is 17.0 Å². The fourth-order valence-corrected chi connectivity index (χ4v) is 5.82. The lowest BCUT2D eigenvalue weighted by molar-refractivity contribution is -0.137. The number of carbonyl (C=O) groups excluding carboxylic acids is 1. The zero-order valence-electron chi connectivity index (χ0n) is 24.4. The summed E-state index contributed by atoms with van der Waals surface area (Å²) in [6, 6.07) is 10.9. The summed E-state index contributed by atoms with van der Waals surface area (Å²) in [7, 11) is 1.32. The Morgan fingerprint density at radius 2 is 1.81 bits per heavy atom. The first kappa shape index (κ1) is 30.3. The molecule has 0 bridgehead atoms. The summed E-state index contributed by atoms with van der Waals surface area (Å²) in [6.07, 6.45) is -2.59. The lowest BCUT2D eigenvalue weighted by Crippen LogP contribution is -2.48. The number of benzene rings is 2. The summed E-state index contributed by atoms with van der Waals surface area (Å²) in [5, 5.41) is 0.577. The smallest absolute Gasteiger partial charge is 0.416 e. The number of methoxy groups -OCH3 is 1. The number of piperidine rings is 1. The van der Waals surface area contributed by atoms with Crippen molar-refractivity contribution in [1.29, 1.82) is 0 Å². The minimum atomic E-state index is -4.52. The van der Waals surface area contributed by atoms with Gasteiger partial charge in [0.1, 0.15) is 5.75 Å². The third-order valence-corrected chi connectivity index (χ3v) is 8.00. The molecule has 2 fully saturated rings. The molecule has 42 heavy (non-hydrogen) atoms. The summed E-state index contributed by atoms with van der Waals surface area (Å²) >= 11 is 0. The van der Waals surface area contributed by atoms with Crippen LogP contribution in [0.1, 0.15) is 48.2 Å². The lowest BCUT2D eigenvalue weighted by atomic mass is 9.94. The van der Waals surface area contributed by atoms with Gasteiger partial charge in [0.25, 0.3) is 0 Å². The number of aromatic nitrogens is 1. The fourth-order valence-electron chi connectivity index (χ4n) is 5.82. The highest BCUT2D eigenvalue weighted by Gasteiger charge is 2.32. The number of halogens is 3. The summed E-state index contributed by atoms with van der Waals surface area (Å²) in [5.41, 5.74) is 1.20. The third-order valence-electron chi connectivity index (χ3n) is 8.00. The van der Waals surface area contributed by atoms with E-state index in [-0.39, 0.29) is 0 Å². The number of hydrogen-bond donors (Lipinski definition) is 0. The van der Waals surface area contributed by atoms with Crippen LogP contribution >= 0.6 is 0 Å². The molecule has 3 aromatic rings. The highest BCUT2D eigenvalue weighted by molar-refractivity contribution is 6.06. The molecule has 0 atom stereocenters. The first-order chi connectivity index (χ1) is 20.1. The van der Waals surface area contributed by atoms with Crippen LogP contribution in [0.25, 0.3) is 22.2 Å². The van der Waals surface area contributed by atoms with E-state index in [1.807, 2.05) is 13.8 Å². The number of esters is 1. The van der Waals surface area contributed by atoms with E-state index < -0.39 is 17.7 Å². The maximum absolute atomic E-state index is 13.7. The predicted octanol–water partition coefficient (Wildman–Crippen LogP) is 6.04. The van der Waals surface area contributed by atoms with Crippen molar-refractivity contribution in [3.05, 3.63) is 59.2 Å². The van der Waals surface area contributed by atoms with Crippen LogP contribution < -0.4 is 4.74 Å². The van der Waals surface area contributed by atoms with Crippen molar-refractivity contribution >= 4 is 16.9 Å². The Hall–Kier alpha value is -3.21. The number of pyridine rings is 1. The molecule has 0 amide bonds. The summed E-state index contributed by atoms with van der Waals surface area (Å²) in [6.45, 7) is 9.87. The van der Waals surface area contributed by atoms with Gasteiger partial charge in [0.15, 0.2) is 0 Å². The Morgan fingerprint density at radius 3 is 2.48 bits per heavy atom. The van der Waals surface area contributed by atoms with Crippen molar-refractivity contribution < 1.29 is 32.2 Å². The second kappa shape index (κ2) is 13.0. The van der Waals surface area contributed by atoms with Gasteiger partial charge in [-0.1, -0.05) is 26.0 Å². The Kier molecular flexibility index (Phi) is 9.35. The predicted molar refractivity (Wildman–Crippen MR) is 155 cm³/mol. The molecule has 7 nitrogen and oxygen atoms in total. The molecule has 0 spiro atoms. The van der Waals surface area contributed by atoms with Gasteiger partial charge in [-0.3, -0.25) is 9.80 Å². The SMILES string of the molecule is COC(=O)c1c(CN2CCC(N3CCOCC3)CC2)c(-c2cccc(C(F)(F)F)c2)nc2cc(OCC(C)C)ccc12. The van der Waals surface area contributed by atoms with E-state index >= 15 is 0 Å². The van der Waals surface area contributed by atoms with Gasteiger partial charge in [-0.2, -0.15) is 13.2 Å². The van der Waals surface area contributed by atoms with Gasteiger partial charge in [0.05, 0.1) is 49.3 Å². The molecule has 0 unspecified atom stereocenters. The highest BCUT2D eigenvalue weighted by atomic mass is 19.4. The second-order valence-electron chi connectivity index (χ2n) is 11.4. The van der Waals surface area contributed by atoms with Gasteiger partial charge in [0.2, 0.25) is 0 Å². The summed E-state index contributed by atoms with van der Waals surface area (Å²) in [5.74, 6) is 0.326.